The number of carbonyl (C=O) groups excluding carboxylic acids is 1. The van der Waals surface area contributed by atoms with Crippen molar-refractivity contribution in [2.75, 3.05) is 13.7 Å². The van der Waals surface area contributed by atoms with Crippen molar-refractivity contribution in [3.63, 3.8) is 0 Å². The molecule has 0 unspecified atom stereocenters. The molecule has 6 heteroatoms. The van der Waals surface area contributed by atoms with Gasteiger partial charge in [0.1, 0.15) is 11.8 Å². The molecule has 2 N–H and O–H groups in total. The van der Waals surface area contributed by atoms with Crippen molar-refractivity contribution in [3.8, 4) is 0 Å². The number of aromatic amines is 1. The molecule has 2 aromatic heterocycles. The minimum absolute atomic E-state index is 0.152. The van der Waals surface area contributed by atoms with E-state index < -0.39 is 0 Å². The van der Waals surface area contributed by atoms with Gasteiger partial charge in [0.25, 0.3) is 5.91 Å². The number of fused-ring (bicyclic) bond motifs is 1. The number of benzene rings is 1. The van der Waals surface area contributed by atoms with Gasteiger partial charge in [-0.15, -0.1) is 11.3 Å². The van der Waals surface area contributed by atoms with Crippen LogP contribution < -0.4 is 5.32 Å². The highest BCUT2D eigenvalue weighted by atomic mass is 35.5. The molecule has 3 aromatic rings. The highest BCUT2D eigenvalue weighted by molar-refractivity contribution is 7.16. The van der Waals surface area contributed by atoms with Crippen LogP contribution in [-0.2, 0) is 4.74 Å². The highest BCUT2D eigenvalue weighted by Crippen LogP contribution is 2.28. The van der Waals surface area contributed by atoms with Crippen molar-refractivity contribution in [2.24, 2.45) is 0 Å². The molecular formula is C16H15ClN2O2S. The second-order valence-corrected chi connectivity index (χ2v) is 6.59. The van der Waals surface area contributed by atoms with Crippen molar-refractivity contribution in [3.05, 3.63) is 57.4 Å². The minimum Gasteiger partial charge on any atom is -0.374 e. The highest BCUT2D eigenvalue weighted by Gasteiger charge is 2.16. The number of ether oxygens (including phenoxy) is 1. The molecule has 1 atom stereocenters. The van der Waals surface area contributed by atoms with Gasteiger partial charge in [0.05, 0.1) is 4.34 Å². The molecule has 1 amide bonds. The molecule has 0 bridgehead atoms. The van der Waals surface area contributed by atoms with Gasteiger partial charge in [-0.1, -0.05) is 29.8 Å². The Morgan fingerprint density at radius 2 is 2.18 bits per heavy atom. The van der Waals surface area contributed by atoms with E-state index in [-0.39, 0.29) is 12.0 Å². The summed E-state index contributed by atoms with van der Waals surface area (Å²) in [5.74, 6) is -0.152. The third-order valence-corrected chi connectivity index (χ3v) is 4.74. The zero-order valence-corrected chi connectivity index (χ0v) is 13.5. The number of rotatable bonds is 5. The van der Waals surface area contributed by atoms with Crippen molar-refractivity contribution < 1.29 is 9.53 Å². The number of amides is 1. The number of methoxy groups -OCH3 is 1. The van der Waals surface area contributed by atoms with Crippen LogP contribution in [0, 0.1) is 0 Å². The third kappa shape index (κ3) is 3.16. The summed E-state index contributed by atoms with van der Waals surface area (Å²) >= 11 is 7.39. The standard InChI is InChI=1S/C16H15ClN2O2S/c1-21-13(14-6-7-15(17)22-14)9-18-16(20)12-8-10-4-2-3-5-11(10)19-12/h2-8,13,19H,9H2,1H3,(H,18,20)/t13-/m0/s1. The molecule has 3 rings (SSSR count). The lowest BCUT2D eigenvalue weighted by atomic mass is 10.2. The van der Waals surface area contributed by atoms with Gasteiger partial charge in [0.2, 0.25) is 0 Å². The van der Waals surface area contributed by atoms with E-state index >= 15 is 0 Å². The van der Waals surface area contributed by atoms with E-state index in [9.17, 15) is 4.79 Å². The molecule has 1 aromatic carbocycles. The van der Waals surface area contributed by atoms with E-state index in [1.807, 2.05) is 42.5 Å². The number of H-pyrrole nitrogens is 1. The zero-order valence-electron chi connectivity index (χ0n) is 11.9. The minimum atomic E-state index is -0.203. The number of aromatic nitrogens is 1. The van der Waals surface area contributed by atoms with Crippen molar-refractivity contribution in [1.82, 2.24) is 10.3 Å². The lowest BCUT2D eigenvalue weighted by Crippen LogP contribution is -2.29. The van der Waals surface area contributed by atoms with Crippen LogP contribution in [0.1, 0.15) is 21.5 Å². The first-order valence-electron chi connectivity index (χ1n) is 6.81. The van der Waals surface area contributed by atoms with Gasteiger partial charge in [-0.25, -0.2) is 0 Å². The number of hydrogen-bond acceptors (Lipinski definition) is 3. The Balaban J connectivity index is 1.68. The molecule has 0 aliphatic carbocycles. The molecular weight excluding hydrogens is 320 g/mol. The predicted molar refractivity (Wildman–Crippen MR) is 89.7 cm³/mol. The average molecular weight is 335 g/mol. The Bertz CT molecular complexity index is 763. The summed E-state index contributed by atoms with van der Waals surface area (Å²) in [5, 5.41) is 3.90. The number of para-hydroxylation sites is 1. The maximum atomic E-state index is 12.3. The van der Waals surface area contributed by atoms with E-state index in [2.05, 4.69) is 10.3 Å². The summed E-state index contributed by atoms with van der Waals surface area (Å²) in [7, 11) is 1.62. The van der Waals surface area contributed by atoms with Gasteiger partial charge < -0.3 is 15.0 Å². The summed E-state index contributed by atoms with van der Waals surface area (Å²) in [5.41, 5.74) is 1.49. The first-order valence-corrected chi connectivity index (χ1v) is 8.01. The maximum absolute atomic E-state index is 12.3. The first-order chi connectivity index (χ1) is 10.7. The van der Waals surface area contributed by atoms with Crippen LogP contribution in [0.15, 0.2) is 42.5 Å². The zero-order chi connectivity index (χ0) is 15.5. The second-order valence-electron chi connectivity index (χ2n) is 4.85. The fourth-order valence-electron chi connectivity index (χ4n) is 2.28. The molecule has 0 aliphatic heterocycles. The van der Waals surface area contributed by atoms with Gasteiger partial charge in [-0.05, 0) is 24.3 Å². The Labute approximate surface area is 137 Å². The molecule has 0 fully saturated rings. The van der Waals surface area contributed by atoms with E-state index in [0.717, 1.165) is 15.8 Å². The summed E-state index contributed by atoms with van der Waals surface area (Å²) in [4.78, 5) is 16.4. The number of hydrogen-bond donors (Lipinski definition) is 2. The molecule has 0 radical (unpaired) electrons. The van der Waals surface area contributed by atoms with E-state index in [4.69, 9.17) is 16.3 Å². The van der Waals surface area contributed by atoms with Crippen molar-refractivity contribution in [2.45, 2.75) is 6.10 Å². The summed E-state index contributed by atoms with van der Waals surface area (Å²) in [6.07, 6.45) is -0.203. The Kier molecular flexibility index (Phi) is 4.47. The van der Waals surface area contributed by atoms with Crippen molar-refractivity contribution >= 4 is 39.7 Å². The monoisotopic (exact) mass is 334 g/mol. The molecule has 0 saturated heterocycles. The van der Waals surface area contributed by atoms with Gasteiger partial charge in [0.15, 0.2) is 0 Å². The smallest absolute Gasteiger partial charge is 0.267 e. The summed E-state index contributed by atoms with van der Waals surface area (Å²) < 4.78 is 6.13. The van der Waals surface area contributed by atoms with Crippen LogP contribution in [0.25, 0.3) is 10.9 Å². The van der Waals surface area contributed by atoms with E-state index in [1.54, 1.807) is 7.11 Å². The molecule has 0 spiro atoms. The van der Waals surface area contributed by atoms with Gasteiger partial charge in [-0.3, -0.25) is 4.79 Å². The number of nitrogens with one attached hydrogen (secondary N) is 2. The lowest BCUT2D eigenvalue weighted by molar-refractivity contribution is 0.0834. The first kappa shape index (κ1) is 15.1. The molecule has 22 heavy (non-hydrogen) atoms. The number of thiophene rings is 1. The van der Waals surface area contributed by atoms with Crippen LogP contribution >= 0.6 is 22.9 Å². The van der Waals surface area contributed by atoms with Gasteiger partial charge in [-0.2, -0.15) is 0 Å². The fraction of sp³-hybridized carbons (Fsp3) is 0.188. The quantitative estimate of drug-likeness (QED) is 0.741. The van der Waals surface area contributed by atoms with E-state index in [1.165, 1.54) is 11.3 Å². The number of carbonyl (C=O) groups is 1. The van der Waals surface area contributed by atoms with Crippen LogP contribution in [-0.4, -0.2) is 24.5 Å². The largest absolute Gasteiger partial charge is 0.374 e. The predicted octanol–water partition coefficient (Wildman–Crippen LogP) is 4.00. The van der Waals surface area contributed by atoms with Gasteiger partial charge >= 0.3 is 0 Å². The van der Waals surface area contributed by atoms with Crippen molar-refractivity contribution in [1.29, 1.82) is 0 Å². The molecule has 4 nitrogen and oxygen atoms in total. The Hall–Kier alpha value is -1.82. The second kappa shape index (κ2) is 6.52. The Morgan fingerprint density at radius 3 is 2.86 bits per heavy atom. The molecule has 0 saturated carbocycles. The van der Waals surface area contributed by atoms with E-state index in [0.29, 0.717) is 16.6 Å². The van der Waals surface area contributed by atoms with Crippen LogP contribution in [0.5, 0.6) is 0 Å². The lowest BCUT2D eigenvalue weighted by Gasteiger charge is -2.14. The average Bonchev–Trinajstić information content (AvgIpc) is 3.14. The topological polar surface area (TPSA) is 54.1 Å². The third-order valence-electron chi connectivity index (χ3n) is 3.42. The normalized spacial score (nSPS) is 12.5. The summed E-state index contributed by atoms with van der Waals surface area (Å²) in [6, 6.07) is 13.4. The van der Waals surface area contributed by atoms with Crippen LogP contribution in [0.3, 0.4) is 0 Å². The van der Waals surface area contributed by atoms with Gasteiger partial charge in [0, 0.05) is 29.4 Å². The Morgan fingerprint density at radius 1 is 1.36 bits per heavy atom. The molecule has 0 aliphatic rings. The molecule has 114 valence electrons. The molecule has 2 heterocycles. The van der Waals surface area contributed by atoms with Crippen LogP contribution in [0.2, 0.25) is 4.34 Å². The number of halogens is 1. The fourth-order valence-corrected chi connectivity index (χ4v) is 3.42. The summed E-state index contributed by atoms with van der Waals surface area (Å²) in [6.45, 7) is 0.390. The maximum Gasteiger partial charge on any atom is 0.267 e. The SMILES string of the molecule is CO[C@@H](CNC(=O)c1cc2ccccc2[nH]1)c1ccc(Cl)s1. The van der Waals surface area contributed by atoms with Crippen LogP contribution in [0.4, 0.5) is 0 Å².